The zero-order valence-electron chi connectivity index (χ0n) is 14.3. The number of nitriles is 1. The number of nitrogens with zero attached hydrogens (tertiary/aromatic N) is 2. The van der Waals surface area contributed by atoms with E-state index in [2.05, 4.69) is 21.7 Å². The van der Waals surface area contributed by atoms with E-state index in [0.29, 0.717) is 47.3 Å². The zero-order chi connectivity index (χ0) is 18.6. The normalized spacial score (nSPS) is 12.0. The highest BCUT2D eigenvalue weighted by Gasteiger charge is 2.16. The third-order valence-electron chi connectivity index (χ3n) is 4.11. The molecule has 1 aliphatic heterocycles. The second kappa shape index (κ2) is 7.51. The van der Waals surface area contributed by atoms with Crippen molar-refractivity contribution in [3.63, 3.8) is 0 Å². The zero-order valence-corrected chi connectivity index (χ0v) is 15.1. The number of hydrogen-bond acceptors (Lipinski definition) is 7. The number of pyridine rings is 1. The van der Waals surface area contributed by atoms with Crippen molar-refractivity contribution >= 4 is 34.0 Å². The lowest BCUT2D eigenvalue weighted by atomic mass is 10.1. The molecule has 0 bridgehead atoms. The quantitative estimate of drug-likeness (QED) is 0.638. The van der Waals surface area contributed by atoms with Crippen LogP contribution in [0.3, 0.4) is 0 Å². The van der Waals surface area contributed by atoms with Crippen LogP contribution in [0.1, 0.15) is 21.7 Å². The van der Waals surface area contributed by atoms with Gasteiger partial charge in [0.25, 0.3) is 5.91 Å². The topological polar surface area (TPSA) is 96.3 Å². The summed E-state index contributed by atoms with van der Waals surface area (Å²) >= 11 is 1.41. The predicted octanol–water partition coefficient (Wildman–Crippen LogP) is 3.13. The van der Waals surface area contributed by atoms with Gasteiger partial charge in [0.15, 0.2) is 11.5 Å². The molecule has 136 valence electrons. The maximum absolute atomic E-state index is 11.9. The number of anilines is 1. The Morgan fingerprint density at radius 3 is 2.89 bits per heavy atom. The Morgan fingerprint density at radius 1 is 1.26 bits per heavy atom. The number of rotatable bonds is 6. The number of thiophene rings is 1. The fourth-order valence-corrected chi connectivity index (χ4v) is 3.42. The van der Waals surface area contributed by atoms with E-state index in [1.807, 2.05) is 23.6 Å². The number of aromatic nitrogens is 1. The van der Waals surface area contributed by atoms with Crippen molar-refractivity contribution < 1.29 is 14.3 Å². The molecule has 0 saturated carbocycles. The van der Waals surface area contributed by atoms with Crippen molar-refractivity contribution in [1.82, 2.24) is 10.3 Å². The Kier molecular flexibility index (Phi) is 4.77. The van der Waals surface area contributed by atoms with Crippen LogP contribution in [-0.2, 0) is 0 Å². The summed E-state index contributed by atoms with van der Waals surface area (Å²) in [6, 6.07) is 11.2. The third-order valence-corrected chi connectivity index (χ3v) is 4.97. The minimum atomic E-state index is -0.0670. The molecular formula is C19H16N4O3S. The smallest absolute Gasteiger partial charge is 0.261 e. The van der Waals surface area contributed by atoms with Crippen molar-refractivity contribution in [2.75, 3.05) is 25.2 Å². The van der Waals surface area contributed by atoms with Crippen LogP contribution in [0.2, 0.25) is 0 Å². The van der Waals surface area contributed by atoms with Gasteiger partial charge < -0.3 is 20.1 Å². The summed E-state index contributed by atoms with van der Waals surface area (Å²) in [7, 11) is 0. The molecule has 1 aliphatic rings. The third kappa shape index (κ3) is 3.64. The van der Waals surface area contributed by atoms with Gasteiger partial charge in [0, 0.05) is 24.5 Å². The van der Waals surface area contributed by atoms with Gasteiger partial charge in [0.05, 0.1) is 16.0 Å². The van der Waals surface area contributed by atoms with Crippen LogP contribution in [0.15, 0.2) is 35.7 Å². The van der Waals surface area contributed by atoms with Gasteiger partial charge in [-0.2, -0.15) is 5.26 Å². The first kappa shape index (κ1) is 17.1. The van der Waals surface area contributed by atoms with Crippen molar-refractivity contribution in [2.24, 2.45) is 0 Å². The van der Waals surface area contributed by atoms with Crippen LogP contribution in [0.4, 0.5) is 5.82 Å². The number of carbonyl (C=O) groups excluding carboxylic acids is 1. The summed E-state index contributed by atoms with van der Waals surface area (Å²) in [6.07, 6.45) is 0.711. The van der Waals surface area contributed by atoms with E-state index in [-0.39, 0.29) is 12.7 Å². The molecule has 0 radical (unpaired) electrons. The van der Waals surface area contributed by atoms with Gasteiger partial charge in [-0.25, -0.2) is 4.98 Å². The molecule has 1 amide bonds. The van der Waals surface area contributed by atoms with Gasteiger partial charge in [-0.1, -0.05) is 6.07 Å². The maximum Gasteiger partial charge on any atom is 0.261 e. The van der Waals surface area contributed by atoms with E-state index in [9.17, 15) is 10.1 Å². The standard InChI is InChI=1S/C19H16N4O3S/c20-10-13-7-12-8-15-16(26-11-25-15)9-14(12)23-18(13)21-4-2-5-22-19(24)17-3-1-6-27-17/h1,3,6-9H,2,4-5,11H2,(H,21,23)(H,22,24). The highest BCUT2D eigenvalue weighted by molar-refractivity contribution is 7.12. The summed E-state index contributed by atoms with van der Waals surface area (Å²) in [5.41, 5.74) is 1.19. The van der Waals surface area contributed by atoms with Gasteiger partial charge in [0.1, 0.15) is 11.9 Å². The van der Waals surface area contributed by atoms with E-state index in [1.54, 1.807) is 12.1 Å². The van der Waals surface area contributed by atoms with E-state index in [0.717, 1.165) is 10.9 Å². The Hall–Kier alpha value is -3.31. The number of amides is 1. The second-order valence-electron chi connectivity index (χ2n) is 5.91. The van der Waals surface area contributed by atoms with Crippen LogP contribution < -0.4 is 20.1 Å². The molecule has 0 unspecified atom stereocenters. The Bertz CT molecular complexity index is 1030. The molecule has 8 heteroatoms. The van der Waals surface area contributed by atoms with Crippen LogP contribution in [0.25, 0.3) is 10.9 Å². The molecule has 0 fully saturated rings. The summed E-state index contributed by atoms with van der Waals surface area (Å²) in [5.74, 6) is 1.77. The molecule has 4 rings (SSSR count). The molecule has 0 spiro atoms. The minimum Gasteiger partial charge on any atom is -0.454 e. The fraction of sp³-hybridized carbons (Fsp3) is 0.211. The number of hydrogen-bond donors (Lipinski definition) is 2. The monoisotopic (exact) mass is 380 g/mol. The summed E-state index contributed by atoms with van der Waals surface area (Å²) < 4.78 is 10.7. The summed E-state index contributed by atoms with van der Waals surface area (Å²) in [6.45, 7) is 1.32. The van der Waals surface area contributed by atoms with Crippen LogP contribution >= 0.6 is 11.3 Å². The Labute approximate surface area is 159 Å². The first-order valence-corrected chi connectivity index (χ1v) is 9.32. The lowest BCUT2D eigenvalue weighted by Crippen LogP contribution is -2.25. The Balaban J connectivity index is 1.39. The SMILES string of the molecule is N#Cc1cc2cc3c(cc2nc1NCCCNC(=O)c1cccs1)OCO3. The molecule has 0 atom stereocenters. The summed E-state index contributed by atoms with van der Waals surface area (Å²) in [5, 5.41) is 18.2. The van der Waals surface area contributed by atoms with E-state index < -0.39 is 0 Å². The highest BCUT2D eigenvalue weighted by Crippen LogP contribution is 2.36. The molecule has 3 aromatic rings. The van der Waals surface area contributed by atoms with Gasteiger partial charge in [-0.3, -0.25) is 4.79 Å². The molecule has 0 saturated heterocycles. The molecule has 2 aromatic heterocycles. The van der Waals surface area contributed by atoms with Crippen LogP contribution in [-0.4, -0.2) is 30.8 Å². The van der Waals surface area contributed by atoms with Crippen molar-refractivity contribution in [2.45, 2.75) is 6.42 Å². The van der Waals surface area contributed by atoms with E-state index in [4.69, 9.17) is 9.47 Å². The lowest BCUT2D eigenvalue weighted by Gasteiger charge is -2.10. The number of nitrogens with one attached hydrogen (secondary N) is 2. The minimum absolute atomic E-state index is 0.0670. The number of benzene rings is 1. The van der Waals surface area contributed by atoms with Crippen molar-refractivity contribution in [3.8, 4) is 17.6 Å². The molecular weight excluding hydrogens is 364 g/mol. The fourth-order valence-electron chi connectivity index (χ4n) is 2.78. The highest BCUT2D eigenvalue weighted by atomic mass is 32.1. The van der Waals surface area contributed by atoms with Crippen molar-refractivity contribution in [3.05, 3.63) is 46.2 Å². The number of ether oxygens (including phenoxy) is 2. The second-order valence-corrected chi connectivity index (χ2v) is 6.86. The van der Waals surface area contributed by atoms with Crippen LogP contribution in [0, 0.1) is 11.3 Å². The van der Waals surface area contributed by atoms with Crippen LogP contribution in [0.5, 0.6) is 11.5 Å². The first-order chi connectivity index (χ1) is 13.2. The average Bonchev–Trinajstić information content (AvgIpc) is 3.36. The average molecular weight is 380 g/mol. The molecule has 3 heterocycles. The number of carbonyl (C=O) groups is 1. The van der Waals surface area contributed by atoms with Gasteiger partial charge in [-0.15, -0.1) is 11.3 Å². The first-order valence-electron chi connectivity index (χ1n) is 8.44. The van der Waals surface area contributed by atoms with Gasteiger partial charge in [0.2, 0.25) is 6.79 Å². The maximum atomic E-state index is 11.9. The Morgan fingerprint density at radius 2 is 2.11 bits per heavy atom. The summed E-state index contributed by atoms with van der Waals surface area (Å²) in [4.78, 5) is 17.1. The molecule has 27 heavy (non-hydrogen) atoms. The molecule has 2 N–H and O–H groups in total. The molecule has 0 aliphatic carbocycles. The molecule has 7 nitrogen and oxygen atoms in total. The van der Waals surface area contributed by atoms with Gasteiger partial charge >= 0.3 is 0 Å². The van der Waals surface area contributed by atoms with E-state index in [1.165, 1.54) is 11.3 Å². The predicted molar refractivity (Wildman–Crippen MR) is 102 cm³/mol. The molecule has 1 aromatic carbocycles. The largest absolute Gasteiger partial charge is 0.454 e. The van der Waals surface area contributed by atoms with E-state index >= 15 is 0 Å². The lowest BCUT2D eigenvalue weighted by molar-refractivity contribution is 0.0957. The number of fused-ring (bicyclic) bond motifs is 2. The van der Waals surface area contributed by atoms with Crippen molar-refractivity contribution in [1.29, 1.82) is 5.26 Å². The van der Waals surface area contributed by atoms with Gasteiger partial charge in [-0.05, 0) is 30.0 Å².